The Kier molecular flexibility index (Phi) is 5.43. The number of alkyl halides is 3. The number of carbonyl (C=O) groups excluding carboxylic acids is 2. The molecular formula is C19H18F3N3O2. The molecule has 2 amide bonds. The molecule has 0 aliphatic carbocycles. The summed E-state index contributed by atoms with van der Waals surface area (Å²) in [5.41, 5.74) is -0.0440. The predicted molar refractivity (Wildman–Crippen MR) is 92.1 cm³/mol. The number of halogens is 3. The molecule has 1 aromatic heterocycles. The zero-order valence-corrected chi connectivity index (χ0v) is 14.4. The van der Waals surface area contributed by atoms with Gasteiger partial charge in [-0.05, 0) is 49.2 Å². The van der Waals surface area contributed by atoms with Gasteiger partial charge in [-0.15, -0.1) is 0 Å². The summed E-state index contributed by atoms with van der Waals surface area (Å²) >= 11 is 0. The first-order valence-electron chi connectivity index (χ1n) is 8.52. The number of piperidine rings is 1. The van der Waals surface area contributed by atoms with Crippen molar-refractivity contribution in [3.05, 3.63) is 65.5 Å². The third-order valence-electron chi connectivity index (χ3n) is 4.52. The highest BCUT2D eigenvalue weighted by Gasteiger charge is 2.30. The van der Waals surface area contributed by atoms with Crippen LogP contribution >= 0.6 is 0 Å². The van der Waals surface area contributed by atoms with Gasteiger partial charge in [0.05, 0.1) is 5.56 Å². The van der Waals surface area contributed by atoms with Crippen LogP contribution in [0.5, 0.6) is 0 Å². The Labute approximate surface area is 154 Å². The zero-order valence-electron chi connectivity index (χ0n) is 14.4. The van der Waals surface area contributed by atoms with E-state index in [0.717, 1.165) is 12.1 Å². The van der Waals surface area contributed by atoms with Crippen LogP contribution in [0.3, 0.4) is 0 Å². The Bertz CT molecular complexity index is 799. The van der Waals surface area contributed by atoms with E-state index in [2.05, 4.69) is 10.3 Å². The maximum atomic E-state index is 12.6. The van der Waals surface area contributed by atoms with E-state index in [0.29, 0.717) is 31.5 Å². The van der Waals surface area contributed by atoms with E-state index >= 15 is 0 Å². The molecule has 1 aliphatic heterocycles. The van der Waals surface area contributed by atoms with Crippen molar-refractivity contribution >= 4 is 11.8 Å². The number of rotatable bonds is 3. The van der Waals surface area contributed by atoms with Gasteiger partial charge in [-0.25, -0.2) is 0 Å². The average molecular weight is 377 g/mol. The molecule has 2 heterocycles. The minimum Gasteiger partial charge on any atom is -0.349 e. The average Bonchev–Trinajstić information content (AvgIpc) is 2.68. The fourth-order valence-corrected chi connectivity index (χ4v) is 2.98. The molecule has 1 saturated heterocycles. The van der Waals surface area contributed by atoms with Crippen molar-refractivity contribution in [2.45, 2.75) is 25.1 Å². The molecule has 0 atom stereocenters. The first-order valence-corrected chi connectivity index (χ1v) is 8.52. The van der Waals surface area contributed by atoms with Crippen LogP contribution in [-0.2, 0) is 6.18 Å². The summed E-state index contributed by atoms with van der Waals surface area (Å²) in [6, 6.07) is 7.30. The Morgan fingerprint density at radius 1 is 0.963 bits per heavy atom. The SMILES string of the molecule is O=C(NC1CCN(C(=O)c2ccncc2)CC1)c1ccc(C(F)(F)F)cc1. The number of hydrogen-bond acceptors (Lipinski definition) is 3. The number of carbonyl (C=O) groups is 2. The van der Waals surface area contributed by atoms with Crippen LogP contribution in [-0.4, -0.2) is 40.8 Å². The quantitative estimate of drug-likeness (QED) is 0.894. The van der Waals surface area contributed by atoms with Gasteiger partial charge >= 0.3 is 6.18 Å². The lowest BCUT2D eigenvalue weighted by Crippen LogP contribution is -2.46. The first kappa shape index (κ1) is 18.9. The standard InChI is InChI=1S/C19H18F3N3O2/c20-19(21,22)15-3-1-13(2-4-15)17(26)24-16-7-11-25(12-8-16)18(27)14-5-9-23-10-6-14/h1-6,9-10,16H,7-8,11-12H2,(H,24,26). The van der Waals surface area contributed by atoms with E-state index in [1.165, 1.54) is 12.1 Å². The van der Waals surface area contributed by atoms with Crippen molar-refractivity contribution in [2.24, 2.45) is 0 Å². The van der Waals surface area contributed by atoms with Gasteiger partial charge in [0.25, 0.3) is 11.8 Å². The molecule has 0 spiro atoms. The summed E-state index contributed by atoms with van der Waals surface area (Å²) in [7, 11) is 0. The highest BCUT2D eigenvalue weighted by molar-refractivity contribution is 5.95. The maximum absolute atomic E-state index is 12.6. The minimum absolute atomic E-state index is 0.0788. The van der Waals surface area contributed by atoms with Gasteiger partial charge in [0.15, 0.2) is 0 Å². The summed E-state index contributed by atoms with van der Waals surface area (Å²) in [6.07, 6.45) is -0.135. The molecule has 8 heteroatoms. The highest BCUT2D eigenvalue weighted by atomic mass is 19.4. The van der Waals surface area contributed by atoms with Gasteiger partial charge in [0.2, 0.25) is 0 Å². The summed E-state index contributed by atoms with van der Waals surface area (Å²) in [6.45, 7) is 0.998. The molecule has 0 saturated carbocycles. The van der Waals surface area contributed by atoms with Crippen LogP contribution in [0, 0.1) is 0 Å². The molecule has 0 radical (unpaired) electrons. The number of amides is 2. The molecule has 2 aromatic rings. The van der Waals surface area contributed by atoms with Crippen molar-refractivity contribution < 1.29 is 22.8 Å². The highest BCUT2D eigenvalue weighted by Crippen LogP contribution is 2.29. The van der Waals surface area contributed by atoms with Gasteiger partial charge in [-0.3, -0.25) is 14.6 Å². The Morgan fingerprint density at radius 3 is 2.11 bits per heavy atom. The lowest BCUT2D eigenvalue weighted by Gasteiger charge is -2.32. The second-order valence-corrected chi connectivity index (χ2v) is 6.35. The molecule has 1 aliphatic rings. The van der Waals surface area contributed by atoms with Crippen molar-refractivity contribution in [1.29, 1.82) is 0 Å². The molecule has 0 bridgehead atoms. The lowest BCUT2D eigenvalue weighted by atomic mass is 10.0. The molecular weight excluding hydrogens is 359 g/mol. The number of benzene rings is 1. The van der Waals surface area contributed by atoms with Gasteiger partial charge in [-0.2, -0.15) is 13.2 Å². The number of aromatic nitrogens is 1. The third-order valence-corrected chi connectivity index (χ3v) is 4.52. The molecule has 27 heavy (non-hydrogen) atoms. The van der Waals surface area contributed by atoms with Crippen LogP contribution in [0.15, 0.2) is 48.8 Å². The van der Waals surface area contributed by atoms with Crippen molar-refractivity contribution in [3.63, 3.8) is 0 Å². The lowest BCUT2D eigenvalue weighted by molar-refractivity contribution is -0.137. The molecule has 0 unspecified atom stereocenters. The van der Waals surface area contributed by atoms with E-state index < -0.39 is 17.6 Å². The molecule has 3 rings (SSSR count). The summed E-state index contributed by atoms with van der Waals surface area (Å²) in [5.74, 6) is -0.493. The van der Waals surface area contributed by atoms with E-state index in [4.69, 9.17) is 0 Å². The van der Waals surface area contributed by atoms with Crippen LogP contribution in [0.4, 0.5) is 13.2 Å². The first-order chi connectivity index (χ1) is 12.8. The van der Waals surface area contributed by atoms with E-state index in [-0.39, 0.29) is 17.5 Å². The molecule has 5 nitrogen and oxygen atoms in total. The minimum atomic E-state index is -4.43. The van der Waals surface area contributed by atoms with Crippen LogP contribution < -0.4 is 5.32 Å². The number of likely N-dealkylation sites (tertiary alicyclic amines) is 1. The summed E-state index contributed by atoms with van der Waals surface area (Å²) < 4.78 is 37.7. The van der Waals surface area contributed by atoms with Gasteiger partial charge in [-0.1, -0.05) is 0 Å². The zero-order chi connectivity index (χ0) is 19.4. The van der Waals surface area contributed by atoms with E-state index in [9.17, 15) is 22.8 Å². The third kappa shape index (κ3) is 4.64. The Balaban J connectivity index is 1.53. The smallest absolute Gasteiger partial charge is 0.349 e. The topological polar surface area (TPSA) is 62.3 Å². The summed E-state index contributed by atoms with van der Waals surface area (Å²) in [4.78, 5) is 30.2. The second kappa shape index (κ2) is 7.77. The second-order valence-electron chi connectivity index (χ2n) is 6.35. The monoisotopic (exact) mass is 377 g/mol. The number of pyridine rings is 1. The van der Waals surface area contributed by atoms with Gasteiger partial charge < -0.3 is 10.2 Å². The van der Waals surface area contributed by atoms with Crippen molar-refractivity contribution in [1.82, 2.24) is 15.2 Å². The molecule has 142 valence electrons. The van der Waals surface area contributed by atoms with Gasteiger partial charge in [0, 0.05) is 42.7 Å². The van der Waals surface area contributed by atoms with Gasteiger partial charge in [0.1, 0.15) is 0 Å². The fourth-order valence-electron chi connectivity index (χ4n) is 2.98. The fraction of sp³-hybridized carbons (Fsp3) is 0.316. The predicted octanol–water partition coefficient (Wildman–Crippen LogP) is 3.14. The number of hydrogen-bond donors (Lipinski definition) is 1. The Hall–Kier alpha value is -2.90. The maximum Gasteiger partial charge on any atom is 0.416 e. The van der Waals surface area contributed by atoms with Crippen LogP contribution in [0.25, 0.3) is 0 Å². The largest absolute Gasteiger partial charge is 0.416 e. The van der Waals surface area contributed by atoms with Crippen LogP contribution in [0.2, 0.25) is 0 Å². The molecule has 1 fully saturated rings. The molecule has 1 aromatic carbocycles. The summed E-state index contributed by atoms with van der Waals surface area (Å²) in [5, 5.41) is 2.82. The number of nitrogens with zero attached hydrogens (tertiary/aromatic N) is 2. The molecule has 1 N–H and O–H groups in total. The van der Waals surface area contributed by atoms with Crippen LogP contribution in [0.1, 0.15) is 39.1 Å². The van der Waals surface area contributed by atoms with E-state index in [1.54, 1.807) is 29.4 Å². The Morgan fingerprint density at radius 2 is 1.56 bits per heavy atom. The number of nitrogens with one attached hydrogen (secondary N) is 1. The van der Waals surface area contributed by atoms with E-state index in [1.807, 2.05) is 0 Å². The van der Waals surface area contributed by atoms with Crippen molar-refractivity contribution in [2.75, 3.05) is 13.1 Å². The normalized spacial score (nSPS) is 15.4. The van der Waals surface area contributed by atoms with Crippen molar-refractivity contribution in [3.8, 4) is 0 Å².